The molecule has 0 aliphatic carbocycles. The van der Waals surface area contributed by atoms with Crippen molar-refractivity contribution in [2.24, 2.45) is 0 Å². The van der Waals surface area contributed by atoms with Gasteiger partial charge in [0.25, 0.3) is 5.91 Å². The van der Waals surface area contributed by atoms with Gasteiger partial charge in [0.2, 0.25) is 0 Å². The van der Waals surface area contributed by atoms with Crippen molar-refractivity contribution < 1.29 is 9.18 Å². The van der Waals surface area contributed by atoms with Crippen molar-refractivity contribution in [3.8, 4) is 0 Å². The Kier molecular flexibility index (Phi) is 4.18. The molecular formula is C17H18FNO. The Labute approximate surface area is 118 Å². The SMILES string of the molecule is Cc1ccc([C@H](C)NC(=O)c2cccc(F)c2)c(C)c1. The van der Waals surface area contributed by atoms with Crippen LogP contribution in [0.1, 0.15) is 40.0 Å². The van der Waals surface area contributed by atoms with E-state index in [0.29, 0.717) is 5.56 Å². The van der Waals surface area contributed by atoms with E-state index in [1.54, 1.807) is 6.07 Å². The lowest BCUT2D eigenvalue weighted by Gasteiger charge is -2.17. The molecule has 0 heterocycles. The molecule has 0 aliphatic rings. The van der Waals surface area contributed by atoms with Gasteiger partial charge in [-0.05, 0) is 50.1 Å². The Morgan fingerprint density at radius 1 is 1.15 bits per heavy atom. The number of hydrogen-bond donors (Lipinski definition) is 1. The largest absolute Gasteiger partial charge is 0.346 e. The second-order valence-electron chi connectivity index (χ2n) is 5.07. The van der Waals surface area contributed by atoms with Crippen LogP contribution in [0.3, 0.4) is 0 Å². The van der Waals surface area contributed by atoms with E-state index in [-0.39, 0.29) is 11.9 Å². The minimum Gasteiger partial charge on any atom is -0.346 e. The van der Waals surface area contributed by atoms with Crippen molar-refractivity contribution in [2.45, 2.75) is 26.8 Å². The van der Waals surface area contributed by atoms with Crippen LogP contribution in [0.2, 0.25) is 0 Å². The van der Waals surface area contributed by atoms with Crippen molar-refractivity contribution in [1.82, 2.24) is 5.32 Å². The molecule has 20 heavy (non-hydrogen) atoms. The summed E-state index contributed by atoms with van der Waals surface area (Å²) in [7, 11) is 0. The number of nitrogens with one attached hydrogen (secondary N) is 1. The molecule has 2 nitrogen and oxygen atoms in total. The van der Waals surface area contributed by atoms with Crippen LogP contribution in [0.15, 0.2) is 42.5 Å². The zero-order chi connectivity index (χ0) is 14.7. The highest BCUT2D eigenvalue weighted by molar-refractivity contribution is 5.94. The smallest absolute Gasteiger partial charge is 0.251 e. The van der Waals surface area contributed by atoms with Crippen LogP contribution < -0.4 is 5.32 Å². The van der Waals surface area contributed by atoms with Gasteiger partial charge in [0.1, 0.15) is 5.82 Å². The lowest BCUT2D eigenvalue weighted by atomic mass is 10.00. The molecule has 0 bridgehead atoms. The maximum Gasteiger partial charge on any atom is 0.251 e. The first-order valence-corrected chi connectivity index (χ1v) is 6.61. The highest BCUT2D eigenvalue weighted by Crippen LogP contribution is 2.19. The van der Waals surface area contributed by atoms with Gasteiger partial charge < -0.3 is 5.32 Å². The van der Waals surface area contributed by atoms with Crippen LogP contribution >= 0.6 is 0 Å². The Morgan fingerprint density at radius 2 is 1.90 bits per heavy atom. The molecule has 0 saturated heterocycles. The molecule has 1 atom stereocenters. The van der Waals surface area contributed by atoms with Gasteiger partial charge in [0, 0.05) is 5.56 Å². The third kappa shape index (κ3) is 3.23. The van der Waals surface area contributed by atoms with E-state index in [1.165, 1.54) is 23.8 Å². The van der Waals surface area contributed by atoms with E-state index in [9.17, 15) is 9.18 Å². The number of benzene rings is 2. The van der Waals surface area contributed by atoms with Gasteiger partial charge in [-0.2, -0.15) is 0 Å². The van der Waals surface area contributed by atoms with Crippen LogP contribution in [-0.2, 0) is 0 Å². The molecule has 0 aromatic heterocycles. The first-order chi connectivity index (χ1) is 9.47. The molecule has 2 aromatic rings. The predicted molar refractivity (Wildman–Crippen MR) is 78.2 cm³/mol. The van der Waals surface area contributed by atoms with E-state index in [2.05, 4.69) is 11.4 Å². The number of halogens is 1. The summed E-state index contributed by atoms with van der Waals surface area (Å²) in [6.07, 6.45) is 0. The highest BCUT2D eigenvalue weighted by atomic mass is 19.1. The van der Waals surface area contributed by atoms with Crippen molar-refractivity contribution in [3.05, 3.63) is 70.5 Å². The third-order valence-corrected chi connectivity index (χ3v) is 3.33. The summed E-state index contributed by atoms with van der Waals surface area (Å²) in [6.45, 7) is 5.98. The summed E-state index contributed by atoms with van der Waals surface area (Å²) in [5.74, 6) is -0.672. The molecule has 0 spiro atoms. The van der Waals surface area contributed by atoms with Crippen LogP contribution in [0.25, 0.3) is 0 Å². The fourth-order valence-corrected chi connectivity index (χ4v) is 2.30. The van der Waals surface area contributed by atoms with E-state index < -0.39 is 5.82 Å². The standard InChI is InChI=1S/C17H18FNO/c1-11-7-8-16(12(2)9-11)13(3)19-17(20)14-5-4-6-15(18)10-14/h4-10,13H,1-3H3,(H,19,20)/t13-/m0/s1. The van der Waals surface area contributed by atoms with Crippen molar-refractivity contribution in [2.75, 3.05) is 0 Å². The molecule has 0 saturated carbocycles. The second-order valence-corrected chi connectivity index (χ2v) is 5.07. The average Bonchev–Trinajstić information content (AvgIpc) is 2.38. The van der Waals surface area contributed by atoms with Crippen molar-refractivity contribution in [3.63, 3.8) is 0 Å². The summed E-state index contributed by atoms with van der Waals surface area (Å²) in [5.41, 5.74) is 3.73. The predicted octanol–water partition coefficient (Wildman–Crippen LogP) is 3.93. The zero-order valence-electron chi connectivity index (χ0n) is 11.9. The van der Waals surface area contributed by atoms with Crippen LogP contribution in [0.4, 0.5) is 4.39 Å². The minimum atomic E-state index is -0.406. The summed E-state index contributed by atoms with van der Waals surface area (Å²) in [6, 6.07) is 11.7. The quantitative estimate of drug-likeness (QED) is 0.900. The van der Waals surface area contributed by atoms with Gasteiger partial charge in [-0.15, -0.1) is 0 Å². The second kappa shape index (κ2) is 5.87. The first-order valence-electron chi connectivity index (χ1n) is 6.61. The third-order valence-electron chi connectivity index (χ3n) is 3.33. The van der Waals surface area contributed by atoms with E-state index in [4.69, 9.17) is 0 Å². The lowest BCUT2D eigenvalue weighted by molar-refractivity contribution is 0.0939. The Morgan fingerprint density at radius 3 is 2.55 bits per heavy atom. The number of rotatable bonds is 3. The van der Waals surface area contributed by atoms with E-state index >= 15 is 0 Å². The van der Waals surface area contributed by atoms with Gasteiger partial charge in [0.15, 0.2) is 0 Å². The highest BCUT2D eigenvalue weighted by Gasteiger charge is 2.13. The number of hydrogen-bond acceptors (Lipinski definition) is 1. The monoisotopic (exact) mass is 271 g/mol. The molecule has 0 radical (unpaired) electrons. The van der Waals surface area contributed by atoms with Gasteiger partial charge in [-0.1, -0.05) is 29.8 Å². The van der Waals surface area contributed by atoms with Crippen LogP contribution in [0, 0.1) is 19.7 Å². The molecule has 0 unspecified atom stereocenters. The van der Waals surface area contributed by atoms with E-state index in [1.807, 2.05) is 32.9 Å². The summed E-state index contributed by atoms with van der Waals surface area (Å²) in [5, 5.41) is 2.89. The molecule has 1 N–H and O–H groups in total. The number of amides is 1. The molecule has 0 aliphatic heterocycles. The Hall–Kier alpha value is -2.16. The van der Waals surface area contributed by atoms with Crippen molar-refractivity contribution in [1.29, 1.82) is 0 Å². The zero-order valence-corrected chi connectivity index (χ0v) is 11.9. The number of aryl methyl sites for hydroxylation is 2. The topological polar surface area (TPSA) is 29.1 Å². The first kappa shape index (κ1) is 14.3. The van der Waals surface area contributed by atoms with Gasteiger partial charge >= 0.3 is 0 Å². The molecule has 0 fully saturated rings. The maximum atomic E-state index is 13.1. The Balaban J connectivity index is 2.15. The minimum absolute atomic E-state index is 0.119. The maximum absolute atomic E-state index is 13.1. The fourth-order valence-electron chi connectivity index (χ4n) is 2.30. The number of carbonyl (C=O) groups is 1. The van der Waals surface area contributed by atoms with Gasteiger partial charge in [0.05, 0.1) is 6.04 Å². The van der Waals surface area contributed by atoms with Gasteiger partial charge in [-0.3, -0.25) is 4.79 Å². The van der Waals surface area contributed by atoms with E-state index in [0.717, 1.165) is 11.1 Å². The molecule has 1 amide bonds. The average molecular weight is 271 g/mol. The summed E-state index contributed by atoms with van der Waals surface area (Å²) >= 11 is 0. The molecule has 2 aromatic carbocycles. The van der Waals surface area contributed by atoms with Crippen LogP contribution in [0.5, 0.6) is 0 Å². The lowest BCUT2D eigenvalue weighted by Crippen LogP contribution is -2.27. The summed E-state index contributed by atoms with van der Waals surface area (Å²) in [4.78, 5) is 12.1. The Bertz CT molecular complexity index is 637. The van der Waals surface area contributed by atoms with Gasteiger partial charge in [-0.25, -0.2) is 4.39 Å². The number of carbonyl (C=O) groups excluding carboxylic acids is 1. The molecule has 104 valence electrons. The molecule has 2 rings (SSSR count). The fraction of sp³-hybridized carbons (Fsp3) is 0.235. The molecule has 3 heteroatoms. The normalized spacial score (nSPS) is 12.0. The molecular weight excluding hydrogens is 253 g/mol. The van der Waals surface area contributed by atoms with Crippen molar-refractivity contribution >= 4 is 5.91 Å². The van der Waals surface area contributed by atoms with Crippen LogP contribution in [-0.4, -0.2) is 5.91 Å². The summed E-state index contributed by atoms with van der Waals surface area (Å²) < 4.78 is 13.1.